The van der Waals surface area contributed by atoms with Crippen molar-refractivity contribution in [1.82, 2.24) is 10.3 Å². The fraction of sp³-hybridized carbons (Fsp3) is 0.182. The molecule has 104 valence electrons. The highest BCUT2D eigenvalue weighted by atomic mass is 32.2. The number of carbonyl (C=O) groups is 1. The van der Waals surface area contributed by atoms with Crippen LogP contribution in [0.25, 0.3) is 11.1 Å². The molecule has 0 saturated heterocycles. The van der Waals surface area contributed by atoms with Crippen molar-refractivity contribution in [2.45, 2.75) is 5.22 Å². The van der Waals surface area contributed by atoms with Crippen LogP contribution in [0, 0.1) is 11.3 Å². The van der Waals surface area contributed by atoms with Gasteiger partial charge in [-0.1, -0.05) is 0 Å². The number of carbonyl (C=O) groups excluding carboxylic acids is 1. The fourth-order valence-electron chi connectivity index (χ4n) is 1.48. The summed E-state index contributed by atoms with van der Waals surface area (Å²) in [5.74, 6) is -1.63. The summed E-state index contributed by atoms with van der Waals surface area (Å²) in [6.07, 6.45) is 0. The van der Waals surface area contributed by atoms with Crippen molar-refractivity contribution in [2.24, 2.45) is 0 Å². The topological polar surface area (TPSA) is 139 Å². The SMILES string of the molecule is N#CCNC(=O)CS(=O)(=O)c1nc2ccc(N)cc2o1. The summed E-state index contributed by atoms with van der Waals surface area (Å²) >= 11 is 0. The molecule has 0 spiro atoms. The number of nitrogens with one attached hydrogen (secondary N) is 1. The maximum atomic E-state index is 11.9. The standard InChI is InChI=1S/C11H10N4O4S/c12-3-4-14-10(16)6-20(17,18)11-15-8-2-1-7(13)5-9(8)19-11/h1-2,5H,4,6,13H2,(H,14,16). The zero-order valence-corrected chi connectivity index (χ0v) is 11.0. The average Bonchev–Trinajstić information content (AvgIpc) is 2.79. The molecule has 20 heavy (non-hydrogen) atoms. The van der Waals surface area contributed by atoms with Crippen molar-refractivity contribution in [1.29, 1.82) is 5.26 Å². The number of hydrogen-bond donors (Lipinski definition) is 2. The number of amides is 1. The Morgan fingerprint density at radius 1 is 1.50 bits per heavy atom. The molecule has 9 heteroatoms. The quantitative estimate of drug-likeness (QED) is 0.589. The van der Waals surface area contributed by atoms with Crippen LogP contribution in [-0.2, 0) is 14.6 Å². The van der Waals surface area contributed by atoms with Crippen molar-refractivity contribution < 1.29 is 17.6 Å². The summed E-state index contributed by atoms with van der Waals surface area (Å²) in [7, 11) is -4.00. The van der Waals surface area contributed by atoms with Crippen LogP contribution in [0.5, 0.6) is 0 Å². The number of nitrogens with two attached hydrogens (primary N) is 1. The first-order valence-corrected chi connectivity index (χ1v) is 7.10. The van der Waals surface area contributed by atoms with Gasteiger partial charge in [-0.3, -0.25) is 4.79 Å². The van der Waals surface area contributed by atoms with E-state index in [0.29, 0.717) is 11.2 Å². The van der Waals surface area contributed by atoms with Crippen molar-refractivity contribution >= 4 is 32.5 Å². The van der Waals surface area contributed by atoms with E-state index in [1.165, 1.54) is 12.1 Å². The summed E-state index contributed by atoms with van der Waals surface area (Å²) in [5, 5.41) is 9.88. The Kier molecular flexibility index (Phi) is 3.58. The monoisotopic (exact) mass is 294 g/mol. The summed E-state index contributed by atoms with van der Waals surface area (Å²) in [6.45, 7) is -0.265. The number of hydrogen-bond acceptors (Lipinski definition) is 7. The van der Waals surface area contributed by atoms with E-state index in [-0.39, 0.29) is 12.1 Å². The van der Waals surface area contributed by atoms with Crippen molar-refractivity contribution in [3.8, 4) is 6.07 Å². The van der Waals surface area contributed by atoms with Crippen molar-refractivity contribution in [2.75, 3.05) is 18.0 Å². The number of fused-ring (bicyclic) bond motifs is 1. The van der Waals surface area contributed by atoms with Crippen molar-refractivity contribution in [3.63, 3.8) is 0 Å². The van der Waals surface area contributed by atoms with Gasteiger partial charge < -0.3 is 15.5 Å². The molecule has 0 aliphatic heterocycles. The van der Waals surface area contributed by atoms with Gasteiger partial charge in [0.1, 0.15) is 17.8 Å². The van der Waals surface area contributed by atoms with E-state index in [0.717, 1.165) is 0 Å². The van der Waals surface area contributed by atoms with Crippen LogP contribution >= 0.6 is 0 Å². The molecule has 0 radical (unpaired) electrons. The molecule has 0 fully saturated rings. The minimum absolute atomic E-state index is 0.223. The van der Waals surface area contributed by atoms with Gasteiger partial charge in [0, 0.05) is 11.8 Å². The fourth-order valence-corrected chi connectivity index (χ4v) is 2.50. The molecule has 0 unspecified atom stereocenters. The first-order chi connectivity index (χ1) is 9.42. The molecule has 1 amide bonds. The van der Waals surface area contributed by atoms with E-state index in [2.05, 4.69) is 10.3 Å². The first-order valence-electron chi connectivity index (χ1n) is 5.45. The van der Waals surface area contributed by atoms with E-state index in [1.807, 2.05) is 0 Å². The number of nitriles is 1. The van der Waals surface area contributed by atoms with Gasteiger partial charge in [0.05, 0.1) is 6.07 Å². The lowest BCUT2D eigenvalue weighted by Gasteiger charge is -1.99. The predicted molar refractivity (Wildman–Crippen MR) is 69.1 cm³/mol. The van der Waals surface area contributed by atoms with E-state index >= 15 is 0 Å². The number of oxazole rings is 1. The molecule has 1 heterocycles. The number of nitrogens with zero attached hydrogens (tertiary/aromatic N) is 2. The molecule has 0 aliphatic rings. The van der Waals surface area contributed by atoms with E-state index in [4.69, 9.17) is 15.4 Å². The lowest BCUT2D eigenvalue weighted by atomic mass is 10.3. The molecular formula is C11H10N4O4S. The van der Waals surface area contributed by atoms with Crippen LogP contribution in [-0.4, -0.2) is 31.6 Å². The molecule has 0 atom stereocenters. The van der Waals surface area contributed by atoms with Crippen LogP contribution in [0.3, 0.4) is 0 Å². The van der Waals surface area contributed by atoms with Gasteiger partial charge in [-0.25, -0.2) is 8.42 Å². The third kappa shape index (κ3) is 2.86. The number of sulfone groups is 1. The lowest BCUT2D eigenvalue weighted by Crippen LogP contribution is -2.30. The van der Waals surface area contributed by atoms with Crippen LogP contribution in [0.1, 0.15) is 0 Å². The third-order valence-electron chi connectivity index (χ3n) is 2.34. The number of anilines is 1. The number of benzene rings is 1. The first kappa shape index (κ1) is 13.8. The van der Waals surface area contributed by atoms with E-state index in [1.54, 1.807) is 12.1 Å². The van der Waals surface area contributed by atoms with Gasteiger partial charge in [-0.2, -0.15) is 10.2 Å². The summed E-state index contributed by atoms with van der Waals surface area (Å²) in [4.78, 5) is 15.1. The Balaban J connectivity index is 2.28. The highest BCUT2D eigenvalue weighted by Gasteiger charge is 2.25. The molecule has 0 aliphatic carbocycles. The van der Waals surface area contributed by atoms with E-state index < -0.39 is 26.7 Å². The second kappa shape index (κ2) is 5.18. The van der Waals surface area contributed by atoms with Crippen LogP contribution in [0.15, 0.2) is 27.8 Å². The molecule has 8 nitrogen and oxygen atoms in total. The van der Waals surface area contributed by atoms with Crippen LogP contribution in [0.2, 0.25) is 0 Å². The van der Waals surface area contributed by atoms with E-state index in [9.17, 15) is 13.2 Å². The Labute approximate surface area is 114 Å². The maximum Gasteiger partial charge on any atom is 0.316 e. The Morgan fingerprint density at radius 3 is 2.95 bits per heavy atom. The highest BCUT2D eigenvalue weighted by molar-refractivity contribution is 7.91. The number of rotatable bonds is 4. The minimum Gasteiger partial charge on any atom is -0.428 e. The zero-order chi connectivity index (χ0) is 14.8. The molecular weight excluding hydrogens is 284 g/mol. The lowest BCUT2D eigenvalue weighted by molar-refractivity contribution is -0.118. The van der Waals surface area contributed by atoms with Gasteiger partial charge in [0.15, 0.2) is 5.58 Å². The Morgan fingerprint density at radius 2 is 2.25 bits per heavy atom. The largest absolute Gasteiger partial charge is 0.428 e. The second-order valence-corrected chi connectivity index (χ2v) is 5.77. The maximum absolute atomic E-state index is 11.9. The minimum atomic E-state index is -4.00. The Hall–Kier alpha value is -2.60. The van der Waals surface area contributed by atoms with Gasteiger partial charge >= 0.3 is 5.22 Å². The molecule has 1 aromatic carbocycles. The highest BCUT2D eigenvalue weighted by Crippen LogP contribution is 2.21. The molecule has 0 saturated carbocycles. The third-order valence-corrected chi connectivity index (χ3v) is 3.69. The molecule has 2 aromatic rings. The molecule has 3 N–H and O–H groups in total. The second-order valence-electron chi connectivity index (χ2n) is 3.90. The van der Waals surface area contributed by atoms with Gasteiger partial charge in [0.25, 0.3) is 0 Å². The number of nitrogen functional groups attached to an aromatic ring is 1. The molecule has 0 bridgehead atoms. The number of aromatic nitrogens is 1. The van der Waals surface area contributed by atoms with Gasteiger partial charge in [0.2, 0.25) is 15.7 Å². The zero-order valence-electron chi connectivity index (χ0n) is 10.2. The molecule has 2 rings (SSSR count). The van der Waals surface area contributed by atoms with Crippen molar-refractivity contribution in [3.05, 3.63) is 18.2 Å². The summed E-state index contributed by atoms with van der Waals surface area (Å²) in [6, 6.07) is 6.19. The smallest absolute Gasteiger partial charge is 0.316 e. The predicted octanol–water partition coefficient (Wildman–Crippen LogP) is -0.177. The average molecular weight is 294 g/mol. The van der Waals surface area contributed by atoms with Gasteiger partial charge in [-0.15, -0.1) is 0 Å². The normalized spacial score (nSPS) is 11.2. The molecule has 1 aromatic heterocycles. The van der Waals surface area contributed by atoms with Crippen LogP contribution in [0.4, 0.5) is 5.69 Å². The Bertz CT molecular complexity index is 803. The summed E-state index contributed by atoms with van der Waals surface area (Å²) in [5.41, 5.74) is 6.50. The van der Waals surface area contributed by atoms with Gasteiger partial charge in [-0.05, 0) is 12.1 Å². The van der Waals surface area contributed by atoms with Crippen LogP contribution < -0.4 is 11.1 Å². The summed E-state index contributed by atoms with van der Waals surface area (Å²) < 4.78 is 29.0.